The molecule has 0 N–H and O–H groups in total. The monoisotopic (exact) mass is 274 g/mol. The number of carbonyl (C=O) groups is 1. The van der Waals surface area contributed by atoms with Crippen molar-refractivity contribution in [1.82, 2.24) is 4.98 Å². The van der Waals surface area contributed by atoms with Gasteiger partial charge in [-0.05, 0) is 13.0 Å². The second-order valence-electron chi connectivity index (χ2n) is 3.19. The number of pyridine rings is 1. The minimum absolute atomic E-state index is 0.0240. The van der Waals surface area contributed by atoms with Crippen molar-refractivity contribution in [2.24, 2.45) is 0 Å². The summed E-state index contributed by atoms with van der Waals surface area (Å²) >= 11 is 5.53. The molecule has 1 rings (SSSR count). The number of nitrogens with zero attached hydrogens (tertiary/aromatic N) is 2. The SMILES string of the molecule is CCOC(=O)c1nc(CCl)cc(C#N)c1C(F)F. The second kappa shape index (κ2) is 6.26. The summed E-state index contributed by atoms with van der Waals surface area (Å²) in [5, 5.41) is 8.82. The third kappa shape index (κ3) is 2.93. The van der Waals surface area contributed by atoms with Crippen LogP contribution in [0.3, 0.4) is 0 Å². The molecule has 7 heteroatoms. The Kier molecular flexibility index (Phi) is 4.98. The lowest BCUT2D eigenvalue weighted by atomic mass is 10.1. The highest BCUT2D eigenvalue weighted by atomic mass is 35.5. The first-order chi connectivity index (χ1) is 8.54. The van der Waals surface area contributed by atoms with Crippen LogP contribution in [-0.4, -0.2) is 17.6 Å². The molecule has 0 unspecified atom stereocenters. The fourth-order valence-electron chi connectivity index (χ4n) is 1.34. The van der Waals surface area contributed by atoms with E-state index in [0.29, 0.717) is 0 Å². The maximum absolute atomic E-state index is 12.9. The van der Waals surface area contributed by atoms with E-state index in [-0.39, 0.29) is 23.7 Å². The van der Waals surface area contributed by atoms with E-state index in [1.807, 2.05) is 0 Å². The van der Waals surface area contributed by atoms with Crippen molar-refractivity contribution in [1.29, 1.82) is 5.26 Å². The van der Waals surface area contributed by atoms with Gasteiger partial charge in [0.25, 0.3) is 6.43 Å². The summed E-state index contributed by atoms with van der Waals surface area (Å²) in [6.45, 7) is 1.56. The van der Waals surface area contributed by atoms with Crippen LogP contribution in [0.5, 0.6) is 0 Å². The van der Waals surface area contributed by atoms with Crippen LogP contribution in [0.1, 0.15) is 40.7 Å². The number of esters is 1. The van der Waals surface area contributed by atoms with Crippen LogP contribution in [0.4, 0.5) is 8.78 Å². The van der Waals surface area contributed by atoms with Gasteiger partial charge < -0.3 is 4.74 Å². The summed E-state index contributed by atoms with van der Waals surface area (Å²) < 4.78 is 30.4. The molecule has 0 aliphatic heterocycles. The van der Waals surface area contributed by atoms with Crippen LogP contribution in [0, 0.1) is 11.3 Å². The lowest BCUT2D eigenvalue weighted by molar-refractivity contribution is 0.0507. The number of rotatable bonds is 4. The Balaban J connectivity index is 3.45. The number of alkyl halides is 3. The van der Waals surface area contributed by atoms with Crippen LogP contribution in [0.15, 0.2) is 6.07 Å². The molecule has 18 heavy (non-hydrogen) atoms. The Bertz CT molecular complexity index is 501. The normalized spacial score (nSPS) is 10.2. The Morgan fingerprint density at radius 2 is 2.33 bits per heavy atom. The van der Waals surface area contributed by atoms with Gasteiger partial charge in [0.15, 0.2) is 5.69 Å². The highest BCUT2D eigenvalue weighted by molar-refractivity contribution is 6.16. The van der Waals surface area contributed by atoms with Crippen molar-refractivity contribution in [3.63, 3.8) is 0 Å². The van der Waals surface area contributed by atoms with Crippen molar-refractivity contribution >= 4 is 17.6 Å². The van der Waals surface area contributed by atoms with Crippen molar-refractivity contribution in [2.75, 3.05) is 6.61 Å². The van der Waals surface area contributed by atoms with E-state index >= 15 is 0 Å². The van der Waals surface area contributed by atoms with Gasteiger partial charge in [0.2, 0.25) is 0 Å². The fraction of sp³-hybridized carbons (Fsp3) is 0.364. The highest BCUT2D eigenvalue weighted by Gasteiger charge is 2.25. The number of carbonyl (C=O) groups excluding carboxylic acids is 1. The van der Waals surface area contributed by atoms with E-state index in [9.17, 15) is 13.6 Å². The van der Waals surface area contributed by atoms with Crippen molar-refractivity contribution in [3.05, 3.63) is 28.6 Å². The molecule has 96 valence electrons. The minimum atomic E-state index is -2.99. The molecule has 0 amide bonds. The Labute approximate surface area is 107 Å². The molecule has 1 aromatic rings. The van der Waals surface area contributed by atoms with Gasteiger partial charge in [-0.3, -0.25) is 0 Å². The molecule has 1 aromatic heterocycles. The molecule has 0 fully saturated rings. The van der Waals surface area contributed by atoms with Crippen LogP contribution in [0.25, 0.3) is 0 Å². The third-order valence-electron chi connectivity index (χ3n) is 2.06. The number of nitriles is 1. The predicted molar refractivity (Wildman–Crippen MR) is 59.4 cm³/mol. The molecule has 0 bridgehead atoms. The molecule has 0 spiro atoms. The first-order valence-electron chi connectivity index (χ1n) is 5.00. The van der Waals surface area contributed by atoms with Crippen LogP contribution < -0.4 is 0 Å². The maximum atomic E-state index is 12.9. The van der Waals surface area contributed by atoms with E-state index in [2.05, 4.69) is 9.72 Å². The van der Waals surface area contributed by atoms with Crippen molar-refractivity contribution < 1.29 is 18.3 Å². The highest BCUT2D eigenvalue weighted by Crippen LogP contribution is 2.27. The number of ether oxygens (including phenoxy) is 1. The molecular formula is C11H9ClF2N2O2. The first kappa shape index (κ1) is 14.3. The summed E-state index contributed by atoms with van der Waals surface area (Å²) in [5.41, 5.74) is -1.43. The average Bonchev–Trinajstić information content (AvgIpc) is 2.36. The summed E-state index contributed by atoms with van der Waals surface area (Å²) in [7, 11) is 0. The van der Waals surface area contributed by atoms with Gasteiger partial charge in [0, 0.05) is 0 Å². The fourth-order valence-corrected chi connectivity index (χ4v) is 1.48. The lowest BCUT2D eigenvalue weighted by Crippen LogP contribution is -2.14. The first-order valence-corrected chi connectivity index (χ1v) is 5.53. The van der Waals surface area contributed by atoms with E-state index in [0.717, 1.165) is 6.07 Å². The van der Waals surface area contributed by atoms with E-state index in [1.54, 1.807) is 6.07 Å². The zero-order valence-corrected chi connectivity index (χ0v) is 10.2. The van der Waals surface area contributed by atoms with Gasteiger partial charge in [0.1, 0.15) is 0 Å². The molecule has 0 aromatic carbocycles. The van der Waals surface area contributed by atoms with Crippen LogP contribution in [-0.2, 0) is 10.6 Å². The molecule has 0 saturated carbocycles. The van der Waals surface area contributed by atoms with Gasteiger partial charge in [0.05, 0.1) is 35.4 Å². The van der Waals surface area contributed by atoms with E-state index in [4.69, 9.17) is 16.9 Å². The largest absolute Gasteiger partial charge is 0.461 e. The second-order valence-corrected chi connectivity index (χ2v) is 3.46. The number of hydrogen-bond acceptors (Lipinski definition) is 4. The molecule has 0 radical (unpaired) electrons. The molecular weight excluding hydrogens is 266 g/mol. The zero-order valence-electron chi connectivity index (χ0n) is 9.41. The van der Waals surface area contributed by atoms with Gasteiger partial charge in [-0.15, -0.1) is 11.6 Å². The summed E-state index contributed by atoms with van der Waals surface area (Å²) in [6, 6.07) is 2.74. The standard InChI is InChI=1S/C11H9ClF2N2O2/c1-2-18-11(17)9-8(10(13)14)6(5-15)3-7(4-12)16-9/h3,10H,2,4H2,1H3. The number of halogens is 3. The van der Waals surface area contributed by atoms with Crippen LogP contribution >= 0.6 is 11.6 Å². The average molecular weight is 275 g/mol. The van der Waals surface area contributed by atoms with Gasteiger partial charge in [-0.2, -0.15) is 5.26 Å². The molecule has 0 aliphatic rings. The number of hydrogen-bond donors (Lipinski definition) is 0. The van der Waals surface area contributed by atoms with Crippen LogP contribution in [0.2, 0.25) is 0 Å². The Hall–Kier alpha value is -1.74. The van der Waals surface area contributed by atoms with Gasteiger partial charge in [-0.25, -0.2) is 18.6 Å². The zero-order chi connectivity index (χ0) is 13.7. The van der Waals surface area contributed by atoms with E-state index < -0.39 is 23.7 Å². The Morgan fingerprint density at radius 3 is 2.78 bits per heavy atom. The molecule has 4 nitrogen and oxygen atoms in total. The quantitative estimate of drug-likeness (QED) is 0.625. The maximum Gasteiger partial charge on any atom is 0.357 e. The van der Waals surface area contributed by atoms with Gasteiger partial charge >= 0.3 is 5.97 Å². The minimum Gasteiger partial charge on any atom is -0.461 e. The topological polar surface area (TPSA) is 63.0 Å². The van der Waals surface area contributed by atoms with Crippen molar-refractivity contribution in [2.45, 2.75) is 19.2 Å². The van der Waals surface area contributed by atoms with Gasteiger partial charge in [-0.1, -0.05) is 0 Å². The summed E-state index contributed by atoms with van der Waals surface area (Å²) in [6.07, 6.45) is -2.99. The van der Waals surface area contributed by atoms with Crippen molar-refractivity contribution in [3.8, 4) is 6.07 Å². The van der Waals surface area contributed by atoms with E-state index in [1.165, 1.54) is 6.92 Å². The molecule has 1 heterocycles. The smallest absolute Gasteiger partial charge is 0.357 e. The molecule has 0 atom stereocenters. The summed E-state index contributed by atoms with van der Waals surface area (Å²) in [5.74, 6) is -1.08. The lowest BCUT2D eigenvalue weighted by Gasteiger charge is -2.10. The number of aromatic nitrogens is 1. The Morgan fingerprint density at radius 1 is 1.67 bits per heavy atom. The predicted octanol–water partition coefficient (Wildman–Crippen LogP) is 2.81. The summed E-state index contributed by atoms with van der Waals surface area (Å²) in [4.78, 5) is 15.2. The third-order valence-corrected chi connectivity index (χ3v) is 2.33. The molecule has 0 aliphatic carbocycles. The molecule has 0 saturated heterocycles.